The Morgan fingerprint density at radius 1 is 1.33 bits per heavy atom. The molecule has 0 amide bonds. The fourth-order valence-electron chi connectivity index (χ4n) is 2.88. The molecule has 2 aliphatic rings. The van der Waals surface area contributed by atoms with E-state index < -0.39 is 6.29 Å². The minimum atomic E-state index is -1.19. The monoisotopic (exact) mass is 289 g/mol. The fraction of sp³-hybridized carbons (Fsp3) is 0.438. The van der Waals surface area contributed by atoms with Crippen LogP contribution in [0.4, 0.5) is 5.69 Å². The van der Waals surface area contributed by atoms with Crippen LogP contribution in [0.15, 0.2) is 23.8 Å². The maximum atomic E-state index is 11.6. The van der Waals surface area contributed by atoms with Gasteiger partial charge in [0.25, 0.3) is 0 Å². The van der Waals surface area contributed by atoms with Crippen LogP contribution in [-0.2, 0) is 9.53 Å². The summed E-state index contributed by atoms with van der Waals surface area (Å²) in [6, 6.07) is 5.89. The molecule has 5 nitrogen and oxygen atoms in total. The van der Waals surface area contributed by atoms with Gasteiger partial charge in [0.2, 0.25) is 6.29 Å². The Balaban J connectivity index is 1.97. The van der Waals surface area contributed by atoms with Crippen LogP contribution in [-0.4, -0.2) is 43.5 Å². The Labute approximate surface area is 123 Å². The summed E-state index contributed by atoms with van der Waals surface area (Å²) in [6.45, 7) is 6.40. The molecule has 1 fully saturated rings. The van der Waals surface area contributed by atoms with Crippen molar-refractivity contribution in [3.05, 3.63) is 29.3 Å². The average Bonchev–Trinajstić information content (AvgIpc) is 2.47. The average molecular weight is 289 g/mol. The molecule has 1 aromatic rings. The summed E-state index contributed by atoms with van der Waals surface area (Å²) < 4.78 is 10.9. The van der Waals surface area contributed by atoms with Gasteiger partial charge in [-0.05, 0) is 31.6 Å². The molecule has 1 unspecified atom stereocenters. The highest BCUT2D eigenvalue weighted by molar-refractivity contribution is 6.02. The number of carbonyl (C=O) groups excluding carboxylic acids is 1. The Bertz CT molecular complexity index is 602. The number of benzene rings is 1. The van der Waals surface area contributed by atoms with Gasteiger partial charge in [0.1, 0.15) is 5.75 Å². The first-order chi connectivity index (χ1) is 10.1. The van der Waals surface area contributed by atoms with Crippen molar-refractivity contribution in [2.75, 3.05) is 31.2 Å². The highest BCUT2D eigenvalue weighted by atomic mass is 16.6. The third kappa shape index (κ3) is 2.54. The zero-order valence-corrected chi connectivity index (χ0v) is 12.3. The molecule has 112 valence electrons. The minimum Gasteiger partial charge on any atom is -0.460 e. The largest absolute Gasteiger partial charge is 0.460 e. The number of anilines is 1. The van der Waals surface area contributed by atoms with E-state index in [1.165, 1.54) is 6.92 Å². The van der Waals surface area contributed by atoms with E-state index in [2.05, 4.69) is 4.90 Å². The molecule has 0 spiro atoms. The lowest BCUT2D eigenvalue weighted by Crippen LogP contribution is -2.36. The molecule has 0 aliphatic carbocycles. The third-order valence-corrected chi connectivity index (χ3v) is 4.01. The predicted octanol–water partition coefficient (Wildman–Crippen LogP) is 1.60. The quantitative estimate of drug-likeness (QED) is 0.896. The molecule has 0 aromatic heterocycles. The van der Waals surface area contributed by atoms with Gasteiger partial charge < -0.3 is 19.5 Å². The Morgan fingerprint density at radius 3 is 2.71 bits per heavy atom. The Hall–Kier alpha value is -1.85. The number of fused-ring (bicyclic) bond motifs is 1. The smallest absolute Gasteiger partial charge is 0.228 e. The molecule has 1 saturated heterocycles. The molecule has 2 heterocycles. The minimum absolute atomic E-state index is 0.164. The first-order valence-corrected chi connectivity index (χ1v) is 7.11. The number of hydrogen-bond donors (Lipinski definition) is 1. The van der Waals surface area contributed by atoms with E-state index in [1.807, 2.05) is 25.1 Å². The zero-order chi connectivity index (χ0) is 15.0. The van der Waals surface area contributed by atoms with Crippen molar-refractivity contribution in [2.24, 2.45) is 0 Å². The molecule has 1 atom stereocenters. The van der Waals surface area contributed by atoms with Crippen molar-refractivity contribution in [3.63, 3.8) is 0 Å². The molecule has 21 heavy (non-hydrogen) atoms. The second-order valence-corrected chi connectivity index (χ2v) is 5.34. The van der Waals surface area contributed by atoms with Gasteiger partial charge in [0.05, 0.1) is 18.8 Å². The van der Waals surface area contributed by atoms with Crippen molar-refractivity contribution in [1.29, 1.82) is 0 Å². The van der Waals surface area contributed by atoms with Gasteiger partial charge in [0, 0.05) is 30.4 Å². The molecule has 5 heteroatoms. The number of carbonyl (C=O) groups is 1. The lowest BCUT2D eigenvalue weighted by atomic mass is 9.95. The number of hydrogen-bond acceptors (Lipinski definition) is 5. The lowest BCUT2D eigenvalue weighted by Gasteiger charge is -2.31. The van der Waals surface area contributed by atoms with Crippen LogP contribution in [0.1, 0.15) is 19.4 Å². The summed E-state index contributed by atoms with van der Waals surface area (Å²) in [5.74, 6) is 0.455. The van der Waals surface area contributed by atoms with Gasteiger partial charge in [-0.15, -0.1) is 0 Å². The number of ether oxygens (including phenoxy) is 2. The number of aliphatic hydroxyl groups excluding tert-OH is 1. The van der Waals surface area contributed by atoms with Crippen molar-refractivity contribution in [1.82, 2.24) is 0 Å². The Kier molecular flexibility index (Phi) is 3.69. The van der Waals surface area contributed by atoms with E-state index >= 15 is 0 Å². The standard InChI is InChI=1S/C16H19NO4/c1-10-13-4-3-12(17-5-7-20-8-6-17)9-14(13)21-16(19)15(10)11(2)18/h3-4,9,16,19H,5-8H2,1-2H3. The van der Waals surface area contributed by atoms with Crippen LogP contribution in [0, 0.1) is 0 Å². The first kappa shape index (κ1) is 14.1. The second-order valence-electron chi connectivity index (χ2n) is 5.34. The molecule has 2 aliphatic heterocycles. The number of ketones is 1. The number of allylic oxidation sites excluding steroid dienone is 1. The first-order valence-electron chi connectivity index (χ1n) is 7.11. The van der Waals surface area contributed by atoms with Crippen molar-refractivity contribution >= 4 is 17.0 Å². The molecule has 1 aromatic carbocycles. The van der Waals surface area contributed by atoms with Gasteiger partial charge in [-0.25, -0.2) is 0 Å². The van der Waals surface area contributed by atoms with E-state index in [-0.39, 0.29) is 5.78 Å². The van der Waals surface area contributed by atoms with E-state index in [0.717, 1.165) is 29.9 Å². The summed E-state index contributed by atoms with van der Waals surface area (Å²) in [4.78, 5) is 13.8. The molecule has 1 N–H and O–H groups in total. The van der Waals surface area contributed by atoms with Crippen molar-refractivity contribution < 1.29 is 19.4 Å². The maximum Gasteiger partial charge on any atom is 0.228 e. The summed E-state index contributed by atoms with van der Waals surface area (Å²) in [7, 11) is 0. The normalized spacial score (nSPS) is 21.9. The van der Waals surface area contributed by atoms with Gasteiger partial charge in [-0.1, -0.05) is 0 Å². The van der Waals surface area contributed by atoms with Crippen LogP contribution in [0.2, 0.25) is 0 Å². The predicted molar refractivity (Wildman–Crippen MR) is 79.4 cm³/mol. The molecular formula is C16H19NO4. The molecule has 0 bridgehead atoms. The van der Waals surface area contributed by atoms with Crippen LogP contribution >= 0.6 is 0 Å². The van der Waals surface area contributed by atoms with E-state index in [1.54, 1.807) is 0 Å². The van der Waals surface area contributed by atoms with Gasteiger partial charge in [-0.3, -0.25) is 4.79 Å². The third-order valence-electron chi connectivity index (χ3n) is 4.01. The molecule has 3 rings (SSSR count). The summed E-state index contributed by atoms with van der Waals surface area (Å²) in [5.41, 5.74) is 3.03. The number of nitrogens with zero attached hydrogens (tertiary/aromatic N) is 1. The number of Topliss-reactive ketones (excluding diaryl/α,β-unsaturated/α-hetero) is 1. The zero-order valence-electron chi connectivity index (χ0n) is 12.3. The lowest BCUT2D eigenvalue weighted by molar-refractivity contribution is -0.116. The fourth-order valence-corrected chi connectivity index (χ4v) is 2.88. The molecular weight excluding hydrogens is 270 g/mol. The second kappa shape index (κ2) is 5.50. The number of morpholine rings is 1. The highest BCUT2D eigenvalue weighted by Gasteiger charge is 2.28. The molecule has 0 saturated carbocycles. The SMILES string of the molecule is CC(=O)C1=C(C)c2ccc(N3CCOCC3)cc2OC1O. The van der Waals surface area contributed by atoms with Crippen LogP contribution in [0.3, 0.4) is 0 Å². The van der Waals surface area contributed by atoms with Gasteiger partial charge >= 0.3 is 0 Å². The summed E-state index contributed by atoms with van der Waals surface area (Å²) in [6.07, 6.45) is -1.19. The Morgan fingerprint density at radius 2 is 2.05 bits per heavy atom. The summed E-state index contributed by atoms with van der Waals surface area (Å²) in [5, 5.41) is 10.0. The highest BCUT2D eigenvalue weighted by Crippen LogP contribution is 2.38. The van der Waals surface area contributed by atoms with E-state index in [4.69, 9.17) is 9.47 Å². The number of aliphatic hydroxyl groups is 1. The summed E-state index contributed by atoms with van der Waals surface area (Å²) >= 11 is 0. The topological polar surface area (TPSA) is 59.0 Å². The van der Waals surface area contributed by atoms with Crippen LogP contribution < -0.4 is 9.64 Å². The van der Waals surface area contributed by atoms with Crippen molar-refractivity contribution in [3.8, 4) is 5.75 Å². The maximum absolute atomic E-state index is 11.6. The van der Waals surface area contributed by atoms with Gasteiger partial charge in [0.15, 0.2) is 5.78 Å². The van der Waals surface area contributed by atoms with Crippen LogP contribution in [0.25, 0.3) is 5.57 Å². The van der Waals surface area contributed by atoms with E-state index in [0.29, 0.717) is 24.5 Å². The van der Waals surface area contributed by atoms with E-state index in [9.17, 15) is 9.90 Å². The number of rotatable bonds is 2. The molecule has 0 radical (unpaired) electrons. The van der Waals surface area contributed by atoms with Crippen LogP contribution in [0.5, 0.6) is 5.75 Å². The van der Waals surface area contributed by atoms with Crippen molar-refractivity contribution in [2.45, 2.75) is 20.1 Å². The van der Waals surface area contributed by atoms with Gasteiger partial charge in [-0.2, -0.15) is 0 Å².